The molecule has 0 spiro atoms. The third-order valence-electron chi connectivity index (χ3n) is 6.51. The van der Waals surface area contributed by atoms with Crippen molar-refractivity contribution in [2.75, 3.05) is 49.7 Å². The summed E-state index contributed by atoms with van der Waals surface area (Å²) in [5, 5.41) is 2.85. The van der Waals surface area contributed by atoms with Gasteiger partial charge in [-0.05, 0) is 73.8 Å². The number of carbonyl (C=O) groups excluding carboxylic acids is 2. The Balaban J connectivity index is 1.79. The minimum absolute atomic E-state index is 0.0827. The summed E-state index contributed by atoms with van der Waals surface area (Å²) in [7, 11) is -1.26. The Morgan fingerprint density at radius 3 is 2.66 bits per heavy atom. The van der Waals surface area contributed by atoms with Crippen LogP contribution in [0.4, 0.5) is 25.1 Å². The van der Waals surface area contributed by atoms with Crippen LogP contribution in [0, 0.1) is 6.92 Å². The number of carbonyl (C=O) groups is 2. The van der Waals surface area contributed by atoms with Crippen LogP contribution in [0.1, 0.15) is 56.0 Å². The number of rotatable bonds is 7. The fourth-order valence-corrected chi connectivity index (χ4v) is 5.78. The van der Waals surface area contributed by atoms with Crippen LogP contribution in [0.25, 0.3) is 0 Å². The van der Waals surface area contributed by atoms with Crippen molar-refractivity contribution in [3.63, 3.8) is 0 Å². The van der Waals surface area contributed by atoms with Crippen molar-refractivity contribution in [3.8, 4) is 0 Å². The molecule has 1 saturated heterocycles. The van der Waals surface area contributed by atoms with Gasteiger partial charge in [0.1, 0.15) is 11.4 Å². The molecule has 2 heterocycles. The maximum absolute atomic E-state index is 14.0. The van der Waals surface area contributed by atoms with Crippen LogP contribution in [0.5, 0.6) is 0 Å². The lowest BCUT2D eigenvalue weighted by Gasteiger charge is -2.25. The summed E-state index contributed by atoms with van der Waals surface area (Å²) in [5.41, 5.74) is 0.680. The van der Waals surface area contributed by atoms with Crippen molar-refractivity contribution in [2.45, 2.75) is 63.4 Å². The molecule has 0 radical (unpaired) electrons. The molecule has 2 amide bonds. The first-order valence-electron chi connectivity index (χ1n) is 13.3. The minimum atomic E-state index is -2.85. The molecule has 1 atom stereocenters. The van der Waals surface area contributed by atoms with Crippen LogP contribution in [-0.4, -0.2) is 77.1 Å². The lowest BCUT2D eigenvalue weighted by atomic mass is 10.1. The second-order valence-electron chi connectivity index (χ2n) is 11.2. The first-order valence-corrected chi connectivity index (χ1v) is 16.0. The van der Waals surface area contributed by atoms with Gasteiger partial charge in [-0.25, -0.2) is 27.1 Å². The molecule has 226 valence electrons. The van der Waals surface area contributed by atoms with Gasteiger partial charge in [-0.15, -0.1) is 0 Å². The third kappa shape index (κ3) is 9.09. The largest absolute Gasteiger partial charge is 0.444 e. The fraction of sp³-hybridized carbons (Fsp3) is 0.536. The van der Waals surface area contributed by atoms with Gasteiger partial charge in [0.25, 0.3) is 5.91 Å². The normalized spacial score (nSPS) is 16.8. The van der Waals surface area contributed by atoms with E-state index in [2.05, 4.69) is 30.6 Å². The number of hydrogen-bond acceptors (Lipinski definition) is 7. The number of nitrogens with one attached hydrogen (secondary N) is 1. The molecule has 0 aliphatic carbocycles. The number of aromatic nitrogens is 1. The summed E-state index contributed by atoms with van der Waals surface area (Å²) in [6.45, 7) is 7.89. The average molecular weight is 659 g/mol. The topological polar surface area (TPSA) is 104 Å². The molecular weight excluding hydrogens is 620 g/mol. The van der Waals surface area contributed by atoms with Crippen LogP contribution in [0.15, 0.2) is 44.2 Å². The number of hydrogen-bond donors (Lipinski definition) is 1. The lowest BCUT2D eigenvalue weighted by molar-refractivity contribution is -0.0102. The van der Waals surface area contributed by atoms with Crippen molar-refractivity contribution in [1.29, 1.82) is 0 Å². The van der Waals surface area contributed by atoms with E-state index in [9.17, 15) is 22.6 Å². The van der Waals surface area contributed by atoms with E-state index in [1.165, 1.54) is 11.2 Å². The Morgan fingerprint density at radius 2 is 1.98 bits per heavy atom. The molecule has 1 aliphatic heterocycles. The molecule has 1 aromatic heterocycles. The molecule has 9 nitrogen and oxygen atoms in total. The molecule has 2 aromatic rings. The smallest absolute Gasteiger partial charge is 0.410 e. The minimum Gasteiger partial charge on any atom is -0.444 e. The molecule has 1 aliphatic rings. The van der Waals surface area contributed by atoms with Gasteiger partial charge < -0.3 is 19.9 Å². The van der Waals surface area contributed by atoms with Crippen LogP contribution >= 0.6 is 15.9 Å². The van der Waals surface area contributed by atoms with E-state index >= 15 is 0 Å². The molecule has 0 bridgehead atoms. The van der Waals surface area contributed by atoms with Crippen molar-refractivity contribution < 1.29 is 27.3 Å². The van der Waals surface area contributed by atoms with Crippen molar-refractivity contribution in [1.82, 2.24) is 9.88 Å². The second kappa shape index (κ2) is 13.0. The summed E-state index contributed by atoms with van der Waals surface area (Å²) >= 11 is 3.42. The third-order valence-corrected chi connectivity index (χ3v) is 9.11. The number of alkyl halides is 2. The predicted octanol–water partition coefficient (Wildman–Crippen LogP) is 6.35. The highest BCUT2D eigenvalue weighted by Crippen LogP contribution is 2.33. The van der Waals surface area contributed by atoms with Gasteiger partial charge >= 0.3 is 6.09 Å². The van der Waals surface area contributed by atoms with Gasteiger partial charge in [0, 0.05) is 67.0 Å². The van der Waals surface area contributed by atoms with Crippen LogP contribution in [-0.2, 0) is 14.5 Å². The molecule has 41 heavy (non-hydrogen) atoms. The zero-order chi connectivity index (χ0) is 30.6. The number of benzene rings is 1. The number of amides is 2. The van der Waals surface area contributed by atoms with E-state index in [4.69, 9.17) is 4.74 Å². The van der Waals surface area contributed by atoms with E-state index in [0.29, 0.717) is 33.0 Å². The van der Waals surface area contributed by atoms with Gasteiger partial charge in [0.2, 0.25) is 5.92 Å². The zero-order valence-electron chi connectivity index (χ0n) is 24.3. The van der Waals surface area contributed by atoms with Gasteiger partial charge in [-0.3, -0.25) is 4.79 Å². The summed E-state index contributed by atoms with van der Waals surface area (Å²) in [4.78, 5) is 33.7. The molecule has 0 unspecified atom stereocenters. The quantitative estimate of drug-likeness (QED) is 0.372. The number of nitrogens with zero attached hydrogens (tertiary/aromatic N) is 4. The number of pyridine rings is 1. The summed E-state index contributed by atoms with van der Waals surface area (Å²) in [6.07, 6.45) is 2.34. The maximum atomic E-state index is 14.0. The maximum Gasteiger partial charge on any atom is 0.410 e. The van der Waals surface area contributed by atoms with Crippen molar-refractivity contribution in [3.05, 3.63) is 46.1 Å². The first-order chi connectivity index (χ1) is 19.0. The van der Waals surface area contributed by atoms with Crippen LogP contribution in [0.3, 0.4) is 0 Å². The summed E-state index contributed by atoms with van der Waals surface area (Å²) in [5.74, 6) is -2.86. The fourth-order valence-electron chi connectivity index (χ4n) is 4.23. The molecular formula is C28H38BrF2N5O4S. The molecule has 1 aromatic carbocycles. The van der Waals surface area contributed by atoms with Crippen molar-refractivity contribution in [2.24, 2.45) is 4.36 Å². The van der Waals surface area contributed by atoms with E-state index in [-0.39, 0.29) is 44.5 Å². The van der Waals surface area contributed by atoms with Gasteiger partial charge in [-0.1, -0.05) is 6.07 Å². The number of likely N-dealkylation sites (N-methyl/N-ethyl adjacent to an activating group) is 1. The average Bonchev–Trinajstić information content (AvgIpc) is 3.04. The summed E-state index contributed by atoms with van der Waals surface area (Å²) in [6, 6.07) is 6.59. The highest BCUT2D eigenvalue weighted by molar-refractivity contribution is 9.10. The molecule has 3 rings (SSSR count). The SMILES string of the molecule is Cc1c(Br)cnc(N2CCCC(F)(F)CC2)c1C(=O)Nc1cccc([S@@](C)(=O)=NCCN(C)C(=O)OC(C)(C)C)c1. The Morgan fingerprint density at radius 1 is 1.27 bits per heavy atom. The summed E-state index contributed by atoms with van der Waals surface area (Å²) < 4.78 is 51.7. The molecule has 0 saturated carbocycles. The molecule has 13 heteroatoms. The zero-order valence-corrected chi connectivity index (χ0v) is 26.7. The standard InChI is InChI=1S/C28H38BrF2N5O4S/c1-19-22(29)18-32-24(36-14-8-11-28(30,31)12-15-36)23(19)25(37)34-20-9-7-10-21(17-20)41(6,39)33-13-16-35(5)26(38)40-27(2,3)4/h7,9-10,17-18H,8,11-16H2,1-6H3,(H,34,37)/t41-/m1/s1. The highest BCUT2D eigenvalue weighted by Gasteiger charge is 2.33. The second-order valence-corrected chi connectivity index (χ2v) is 14.4. The Hall–Kier alpha value is -2.80. The Bertz CT molecular complexity index is 1410. The van der Waals surface area contributed by atoms with Crippen LogP contribution in [0.2, 0.25) is 0 Å². The number of anilines is 2. The highest BCUT2D eigenvalue weighted by atomic mass is 79.9. The number of ether oxygens (including phenoxy) is 1. The number of halogens is 3. The predicted molar refractivity (Wildman–Crippen MR) is 161 cm³/mol. The van der Waals surface area contributed by atoms with Gasteiger partial charge in [0.05, 0.1) is 21.8 Å². The van der Waals surface area contributed by atoms with E-state index in [1.807, 2.05) is 0 Å². The monoisotopic (exact) mass is 657 g/mol. The molecule has 1 N–H and O–H groups in total. The van der Waals surface area contributed by atoms with E-state index < -0.39 is 33.3 Å². The van der Waals surface area contributed by atoms with Gasteiger partial charge in [0.15, 0.2) is 0 Å². The Kier molecular flexibility index (Phi) is 10.4. The lowest BCUT2D eigenvalue weighted by Crippen LogP contribution is -2.35. The van der Waals surface area contributed by atoms with E-state index in [0.717, 1.165) is 0 Å². The Labute approximate surface area is 249 Å². The first kappa shape index (κ1) is 32.7. The van der Waals surface area contributed by atoms with E-state index in [1.54, 1.807) is 70.1 Å². The van der Waals surface area contributed by atoms with Gasteiger partial charge in [-0.2, -0.15) is 0 Å². The van der Waals surface area contributed by atoms with Crippen LogP contribution < -0.4 is 10.2 Å². The molecule has 1 fully saturated rings. The van der Waals surface area contributed by atoms with Crippen molar-refractivity contribution >= 4 is 49.2 Å².